The fourth-order valence-corrected chi connectivity index (χ4v) is 2.70. The van der Waals surface area contributed by atoms with E-state index in [-0.39, 0.29) is 12.1 Å². The first kappa shape index (κ1) is 13.4. The van der Waals surface area contributed by atoms with Crippen LogP contribution in [0.15, 0.2) is 49.2 Å². The topological polar surface area (TPSA) is 84.7 Å². The number of nitrogens with one attached hydrogen (secondary N) is 2. The van der Waals surface area contributed by atoms with Crippen LogP contribution in [-0.4, -0.2) is 25.7 Å². The number of aromatic nitrogens is 4. The lowest BCUT2D eigenvalue weighted by molar-refractivity contribution is 0.0935. The van der Waals surface area contributed by atoms with E-state index in [0.29, 0.717) is 11.4 Å². The molecule has 2 N–H and O–H groups in total. The Balaban J connectivity index is 1.67. The number of pyridine rings is 1. The van der Waals surface area contributed by atoms with Gasteiger partial charge in [0.25, 0.3) is 5.91 Å². The molecule has 1 aliphatic rings. The van der Waals surface area contributed by atoms with Gasteiger partial charge in [0.15, 0.2) is 0 Å². The number of anilines is 1. The van der Waals surface area contributed by atoms with Crippen LogP contribution in [0.4, 0.5) is 5.82 Å². The summed E-state index contributed by atoms with van der Waals surface area (Å²) < 4.78 is 1.71. The van der Waals surface area contributed by atoms with Crippen LogP contribution in [0, 0.1) is 6.92 Å². The molecule has 114 valence electrons. The minimum atomic E-state index is -0.312. The smallest absolute Gasteiger partial charge is 0.256 e. The second-order valence-electron chi connectivity index (χ2n) is 5.34. The van der Waals surface area contributed by atoms with Crippen molar-refractivity contribution in [3.63, 3.8) is 0 Å². The Bertz CT molecular complexity index is 874. The van der Waals surface area contributed by atoms with Crippen LogP contribution < -0.4 is 10.6 Å². The molecule has 1 amide bonds. The summed E-state index contributed by atoms with van der Waals surface area (Å²) >= 11 is 0. The first-order chi connectivity index (χ1) is 11.2. The molecule has 0 saturated carbocycles. The van der Waals surface area contributed by atoms with Gasteiger partial charge in [0.05, 0.1) is 11.3 Å². The van der Waals surface area contributed by atoms with E-state index in [0.717, 1.165) is 16.8 Å². The number of carbonyl (C=O) groups is 1. The van der Waals surface area contributed by atoms with Crippen molar-refractivity contribution in [3.05, 3.63) is 65.9 Å². The number of hydrogen-bond acceptors (Lipinski definition) is 5. The minimum absolute atomic E-state index is 0.130. The molecule has 7 nitrogen and oxygen atoms in total. The van der Waals surface area contributed by atoms with Crippen molar-refractivity contribution in [1.29, 1.82) is 0 Å². The molecule has 3 aromatic rings. The van der Waals surface area contributed by atoms with E-state index in [1.165, 1.54) is 6.33 Å². The predicted molar refractivity (Wildman–Crippen MR) is 84.2 cm³/mol. The van der Waals surface area contributed by atoms with E-state index in [9.17, 15) is 4.79 Å². The van der Waals surface area contributed by atoms with Gasteiger partial charge in [-0.25, -0.2) is 14.6 Å². The van der Waals surface area contributed by atoms with Gasteiger partial charge in [0, 0.05) is 6.20 Å². The van der Waals surface area contributed by atoms with Gasteiger partial charge >= 0.3 is 0 Å². The summed E-state index contributed by atoms with van der Waals surface area (Å²) in [7, 11) is 0. The molecular weight excluding hydrogens is 292 g/mol. The van der Waals surface area contributed by atoms with E-state index in [1.54, 1.807) is 29.3 Å². The number of carbonyl (C=O) groups excluding carboxylic acids is 1. The Hall–Kier alpha value is -3.22. The number of nitrogens with zero attached hydrogens (tertiary/aromatic N) is 4. The lowest BCUT2D eigenvalue weighted by Crippen LogP contribution is -2.38. The van der Waals surface area contributed by atoms with Crippen LogP contribution in [0.1, 0.15) is 27.7 Å². The monoisotopic (exact) mass is 306 g/mol. The molecule has 0 bridgehead atoms. The summed E-state index contributed by atoms with van der Waals surface area (Å²) in [6, 6.07) is 9.43. The second kappa shape index (κ2) is 5.20. The molecule has 1 aliphatic heterocycles. The zero-order chi connectivity index (χ0) is 15.8. The Morgan fingerprint density at radius 1 is 1.22 bits per heavy atom. The predicted octanol–water partition coefficient (Wildman–Crippen LogP) is 1.82. The summed E-state index contributed by atoms with van der Waals surface area (Å²) in [4.78, 5) is 20.4. The molecule has 4 rings (SSSR count). The van der Waals surface area contributed by atoms with E-state index in [2.05, 4.69) is 25.7 Å². The highest BCUT2D eigenvalue weighted by atomic mass is 16.2. The molecule has 0 fully saturated rings. The van der Waals surface area contributed by atoms with Gasteiger partial charge in [-0.3, -0.25) is 4.79 Å². The maximum Gasteiger partial charge on any atom is 0.256 e. The third-order valence-electron chi connectivity index (χ3n) is 3.83. The largest absolute Gasteiger partial charge is 0.346 e. The van der Waals surface area contributed by atoms with Gasteiger partial charge in [0.1, 0.15) is 24.6 Å². The van der Waals surface area contributed by atoms with Crippen LogP contribution in [0.2, 0.25) is 0 Å². The van der Waals surface area contributed by atoms with Crippen LogP contribution in [-0.2, 0) is 0 Å². The number of aryl methyl sites for hydroxylation is 1. The second-order valence-corrected chi connectivity index (χ2v) is 5.34. The van der Waals surface area contributed by atoms with Gasteiger partial charge in [-0.05, 0) is 36.2 Å². The van der Waals surface area contributed by atoms with Crippen molar-refractivity contribution in [3.8, 4) is 5.69 Å². The van der Waals surface area contributed by atoms with Crippen molar-refractivity contribution in [1.82, 2.24) is 25.1 Å². The number of amides is 1. The molecule has 0 radical (unpaired) electrons. The van der Waals surface area contributed by atoms with Crippen molar-refractivity contribution in [2.45, 2.75) is 13.1 Å². The number of hydrogen-bond donors (Lipinski definition) is 2. The summed E-state index contributed by atoms with van der Waals surface area (Å²) in [5.74, 6) is 0.467. The fourth-order valence-electron chi connectivity index (χ4n) is 2.70. The summed E-state index contributed by atoms with van der Waals surface area (Å²) in [6.45, 7) is 2.00. The summed E-state index contributed by atoms with van der Waals surface area (Å²) in [6.07, 6.45) is 4.51. The van der Waals surface area contributed by atoms with Gasteiger partial charge in [-0.2, -0.15) is 5.10 Å². The lowest BCUT2D eigenvalue weighted by Gasteiger charge is -2.27. The highest BCUT2D eigenvalue weighted by molar-refractivity contribution is 6.00. The van der Waals surface area contributed by atoms with Crippen LogP contribution in [0.25, 0.3) is 5.69 Å². The highest BCUT2D eigenvalue weighted by Gasteiger charge is 2.25. The number of fused-ring (bicyclic) bond motifs is 1. The standard InChI is InChI=1S/C16H14N6O/c1-10-7-11(4-5-13(10)22-9-17-8-19-22)14-20-15-12(16(23)21-14)3-2-6-18-15/h2-9,14H,1H3,(H,18,20)(H,21,23)/t14-/m1/s1. The Labute approximate surface area is 132 Å². The normalized spacial score (nSPS) is 16.4. The quantitative estimate of drug-likeness (QED) is 0.754. The van der Waals surface area contributed by atoms with E-state index < -0.39 is 0 Å². The molecule has 1 aromatic carbocycles. The van der Waals surface area contributed by atoms with Gasteiger partial charge < -0.3 is 10.6 Å². The van der Waals surface area contributed by atoms with Crippen LogP contribution >= 0.6 is 0 Å². The van der Waals surface area contributed by atoms with Gasteiger partial charge in [-0.1, -0.05) is 12.1 Å². The fraction of sp³-hybridized carbons (Fsp3) is 0.125. The average Bonchev–Trinajstić information content (AvgIpc) is 3.09. The SMILES string of the molecule is Cc1cc([C@H]2NC(=O)c3cccnc3N2)ccc1-n1cncn1. The third-order valence-corrected chi connectivity index (χ3v) is 3.83. The van der Waals surface area contributed by atoms with Gasteiger partial charge in [0.2, 0.25) is 0 Å². The van der Waals surface area contributed by atoms with Crippen LogP contribution in [0.3, 0.4) is 0 Å². The molecule has 0 saturated heterocycles. The van der Waals surface area contributed by atoms with Crippen molar-refractivity contribution in [2.75, 3.05) is 5.32 Å². The maximum absolute atomic E-state index is 12.2. The summed E-state index contributed by atoms with van der Waals surface area (Å²) in [5.41, 5.74) is 3.50. The molecule has 2 aromatic heterocycles. The molecule has 1 atom stereocenters. The molecular formula is C16H14N6O. The zero-order valence-electron chi connectivity index (χ0n) is 12.4. The molecule has 7 heteroatoms. The number of benzene rings is 1. The molecule has 23 heavy (non-hydrogen) atoms. The van der Waals surface area contributed by atoms with Gasteiger partial charge in [-0.15, -0.1) is 0 Å². The first-order valence-electron chi connectivity index (χ1n) is 7.20. The first-order valence-corrected chi connectivity index (χ1v) is 7.20. The van der Waals surface area contributed by atoms with Crippen molar-refractivity contribution < 1.29 is 4.79 Å². The maximum atomic E-state index is 12.2. The Kier molecular flexibility index (Phi) is 3.04. The molecule has 0 spiro atoms. The molecule has 3 heterocycles. The zero-order valence-corrected chi connectivity index (χ0v) is 12.4. The van der Waals surface area contributed by atoms with Crippen molar-refractivity contribution >= 4 is 11.7 Å². The van der Waals surface area contributed by atoms with E-state index >= 15 is 0 Å². The Morgan fingerprint density at radius 2 is 2.13 bits per heavy atom. The molecule has 0 unspecified atom stereocenters. The van der Waals surface area contributed by atoms with E-state index in [4.69, 9.17) is 0 Å². The highest BCUT2D eigenvalue weighted by Crippen LogP contribution is 2.26. The van der Waals surface area contributed by atoms with E-state index in [1.807, 2.05) is 25.1 Å². The van der Waals surface area contributed by atoms with Crippen molar-refractivity contribution in [2.24, 2.45) is 0 Å². The average molecular weight is 306 g/mol. The Morgan fingerprint density at radius 3 is 2.91 bits per heavy atom. The lowest BCUT2D eigenvalue weighted by atomic mass is 10.0. The minimum Gasteiger partial charge on any atom is -0.346 e. The third kappa shape index (κ3) is 2.32. The molecule has 0 aliphatic carbocycles. The number of rotatable bonds is 2. The summed E-state index contributed by atoms with van der Waals surface area (Å²) in [5, 5.41) is 10.3. The van der Waals surface area contributed by atoms with Crippen LogP contribution in [0.5, 0.6) is 0 Å².